The lowest BCUT2D eigenvalue weighted by atomic mass is 9.99. The Kier molecular flexibility index (Phi) is 8.42. The van der Waals surface area contributed by atoms with E-state index in [9.17, 15) is 0 Å². The highest BCUT2D eigenvalue weighted by molar-refractivity contribution is 7.12. The minimum Gasteiger partial charge on any atom is -0.383 e. The third-order valence-corrected chi connectivity index (χ3v) is 5.12. The van der Waals surface area contributed by atoms with Crippen molar-refractivity contribution in [2.75, 3.05) is 11.4 Å². The molecule has 0 aliphatic carbocycles. The van der Waals surface area contributed by atoms with Gasteiger partial charge in [0.25, 0.3) is 0 Å². The highest BCUT2D eigenvalue weighted by Gasteiger charge is 2.21. The van der Waals surface area contributed by atoms with Crippen molar-refractivity contribution in [1.29, 1.82) is 5.41 Å². The number of anilines is 1. The topological polar surface area (TPSA) is 65.5 Å². The van der Waals surface area contributed by atoms with Crippen LogP contribution in [0.1, 0.15) is 30.2 Å². The lowest BCUT2D eigenvalue weighted by Gasteiger charge is -2.36. The second-order valence-electron chi connectivity index (χ2n) is 5.87. The molecule has 1 aliphatic rings. The Morgan fingerprint density at radius 1 is 1.40 bits per heavy atom. The maximum Gasteiger partial charge on any atom is 0.141 e. The Hall–Kier alpha value is -1.56. The zero-order chi connectivity index (χ0) is 16.2. The summed E-state index contributed by atoms with van der Waals surface area (Å²) in [7, 11) is 0. The van der Waals surface area contributed by atoms with E-state index in [1.165, 1.54) is 17.5 Å². The Bertz CT molecular complexity index is 716. The number of fused-ring (bicyclic) bond motifs is 1. The summed E-state index contributed by atoms with van der Waals surface area (Å²) >= 11 is 1.60. The van der Waals surface area contributed by atoms with Crippen LogP contribution in [0.2, 0.25) is 0 Å². The molecule has 1 atom stereocenters. The summed E-state index contributed by atoms with van der Waals surface area (Å²) in [6.45, 7) is 3.24. The molecular weight excluding hydrogens is 375 g/mol. The van der Waals surface area contributed by atoms with Crippen LogP contribution in [0, 0.1) is 5.41 Å². The highest BCUT2D eigenvalue weighted by Crippen LogP contribution is 2.32. The van der Waals surface area contributed by atoms with Gasteiger partial charge in [-0.3, -0.25) is 0 Å². The van der Waals surface area contributed by atoms with Crippen molar-refractivity contribution in [2.24, 2.45) is 10.7 Å². The Morgan fingerprint density at radius 3 is 2.88 bits per heavy atom. The first-order valence-corrected chi connectivity index (χ1v) is 8.83. The van der Waals surface area contributed by atoms with Crippen LogP contribution in [-0.4, -0.2) is 24.6 Å². The van der Waals surface area contributed by atoms with Gasteiger partial charge in [0.15, 0.2) is 0 Å². The van der Waals surface area contributed by atoms with E-state index in [2.05, 4.69) is 28.9 Å². The smallest absolute Gasteiger partial charge is 0.141 e. The maximum atomic E-state index is 7.33. The third-order valence-electron chi connectivity index (χ3n) is 4.23. The highest BCUT2D eigenvalue weighted by atomic mass is 35.5. The summed E-state index contributed by atoms with van der Waals surface area (Å²) in [5.41, 5.74) is 9.61. The van der Waals surface area contributed by atoms with Gasteiger partial charge >= 0.3 is 0 Å². The van der Waals surface area contributed by atoms with E-state index in [-0.39, 0.29) is 24.8 Å². The average Bonchev–Trinajstić information content (AvgIpc) is 3.09. The van der Waals surface area contributed by atoms with E-state index < -0.39 is 0 Å². The van der Waals surface area contributed by atoms with Crippen molar-refractivity contribution < 1.29 is 0 Å². The molecule has 3 rings (SSSR count). The number of nitrogens with zero attached hydrogens (tertiary/aromatic N) is 2. The molecule has 0 radical (unpaired) electrons. The molecule has 136 valence electrons. The van der Waals surface area contributed by atoms with Crippen LogP contribution in [0.25, 0.3) is 0 Å². The summed E-state index contributed by atoms with van der Waals surface area (Å²) in [6, 6.07) is 10.7. The van der Waals surface area contributed by atoms with Crippen LogP contribution < -0.4 is 10.6 Å². The lowest BCUT2D eigenvalue weighted by molar-refractivity contribution is 0.608. The van der Waals surface area contributed by atoms with E-state index in [0.29, 0.717) is 11.9 Å². The van der Waals surface area contributed by atoms with Gasteiger partial charge in [-0.1, -0.05) is 6.07 Å². The molecule has 3 N–H and O–H groups in total. The number of halogens is 2. The monoisotopic (exact) mass is 398 g/mol. The molecule has 1 unspecified atom stereocenters. The number of nitrogens with one attached hydrogen (secondary N) is 1. The van der Waals surface area contributed by atoms with E-state index in [1.807, 2.05) is 23.6 Å². The first-order chi connectivity index (χ1) is 11.2. The van der Waals surface area contributed by atoms with E-state index >= 15 is 0 Å². The molecule has 2 heterocycles. The maximum absolute atomic E-state index is 7.33. The van der Waals surface area contributed by atoms with Crippen LogP contribution in [0.3, 0.4) is 0 Å². The van der Waals surface area contributed by atoms with E-state index in [4.69, 9.17) is 11.1 Å². The van der Waals surface area contributed by atoms with Crippen molar-refractivity contribution in [3.8, 4) is 0 Å². The number of hydrogen-bond donors (Lipinski definition) is 2. The van der Waals surface area contributed by atoms with Crippen LogP contribution in [0.15, 0.2) is 40.7 Å². The molecule has 1 aliphatic heterocycles. The summed E-state index contributed by atoms with van der Waals surface area (Å²) in [5.74, 6) is 0.574. The molecule has 25 heavy (non-hydrogen) atoms. The minimum atomic E-state index is 0. The molecule has 0 amide bonds. The van der Waals surface area contributed by atoms with Crippen molar-refractivity contribution in [3.63, 3.8) is 0 Å². The van der Waals surface area contributed by atoms with Gasteiger partial charge in [-0.2, -0.15) is 0 Å². The number of benzene rings is 1. The molecule has 7 heteroatoms. The summed E-state index contributed by atoms with van der Waals surface area (Å²) in [5, 5.41) is 9.34. The third kappa shape index (κ3) is 4.97. The first kappa shape index (κ1) is 21.5. The fraction of sp³-hybridized carbons (Fsp3) is 0.333. The quantitative estimate of drug-likeness (QED) is 0.560. The van der Waals surface area contributed by atoms with Gasteiger partial charge in [-0.15, -0.1) is 36.2 Å². The number of amidine groups is 1. The zero-order valence-electron chi connectivity index (χ0n) is 14.1. The largest absolute Gasteiger partial charge is 0.383 e. The van der Waals surface area contributed by atoms with Crippen molar-refractivity contribution in [1.82, 2.24) is 0 Å². The minimum absolute atomic E-state index is 0. The van der Waals surface area contributed by atoms with Gasteiger partial charge < -0.3 is 16.0 Å². The normalized spacial score (nSPS) is 14.8. The van der Waals surface area contributed by atoms with Gasteiger partial charge in [0.1, 0.15) is 5.84 Å². The Labute approximate surface area is 165 Å². The zero-order valence-corrected chi connectivity index (χ0v) is 16.6. The second kappa shape index (κ2) is 9.80. The van der Waals surface area contributed by atoms with Gasteiger partial charge in [-0.05, 0) is 61.2 Å². The lowest BCUT2D eigenvalue weighted by Crippen LogP contribution is -2.37. The molecule has 1 aromatic carbocycles. The Balaban J connectivity index is 0.00000156. The molecule has 0 bridgehead atoms. The second-order valence-corrected chi connectivity index (χ2v) is 6.82. The predicted octanol–water partition coefficient (Wildman–Crippen LogP) is 4.81. The summed E-state index contributed by atoms with van der Waals surface area (Å²) in [6.07, 6.45) is 4.50. The van der Waals surface area contributed by atoms with Crippen LogP contribution >= 0.6 is 36.2 Å². The van der Waals surface area contributed by atoms with Crippen LogP contribution in [0.5, 0.6) is 0 Å². The van der Waals surface area contributed by atoms with Gasteiger partial charge in [0.2, 0.25) is 0 Å². The van der Waals surface area contributed by atoms with Crippen LogP contribution in [-0.2, 0) is 6.42 Å². The van der Waals surface area contributed by atoms with E-state index in [0.717, 1.165) is 36.4 Å². The summed E-state index contributed by atoms with van der Waals surface area (Å²) in [4.78, 5) is 7.97. The number of thiophene rings is 1. The predicted molar refractivity (Wildman–Crippen MR) is 114 cm³/mol. The van der Waals surface area contributed by atoms with E-state index in [1.54, 1.807) is 11.3 Å². The number of nitrogens with two attached hydrogens (primary N) is 1. The molecule has 0 saturated carbocycles. The Morgan fingerprint density at radius 2 is 2.20 bits per heavy atom. The molecule has 4 nitrogen and oxygen atoms in total. The number of hydrogen-bond acceptors (Lipinski definition) is 4. The van der Waals surface area contributed by atoms with Gasteiger partial charge in [0.05, 0.1) is 10.6 Å². The van der Waals surface area contributed by atoms with Crippen molar-refractivity contribution in [2.45, 2.75) is 32.2 Å². The molecular formula is C18H24Cl2N4S. The number of aryl methyl sites for hydroxylation is 1. The van der Waals surface area contributed by atoms with Gasteiger partial charge in [-0.25, -0.2) is 4.99 Å². The average molecular weight is 399 g/mol. The van der Waals surface area contributed by atoms with Gasteiger partial charge in [0, 0.05) is 24.7 Å². The van der Waals surface area contributed by atoms with Crippen molar-refractivity contribution in [3.05, 3.63) is 46.2 Å². The first-order valence-electron chi connectivity index (χ1n) is 7.95. The molecule has 2 aromatic rings. The molecule has 0 spiro atoms. The molecule has 1 aromatic heterocycles. The molecule has 0 saturated heterocycles. The fourth-order valence-corrected chi connectivity index (χ4v) is 3.68. The SMILES string of the molecule is CC(CC=N)N1CCCc2cc(N=C(N)c3cccs3)ccc21.Cl.Cl. The van der Waals surface area contributed by atoms with Crippen LogP contribution in [0.4, 0.5) is 11.4 Å². The van der Waals surface area contributed by atoms with Crippen molar-refractivity contribution >= 4 is 59.6 Å². The number of rotatable bonds is 5. The fourth-order valence-electron chi connectivity index (χ4n) is 3.06. The standard InChI is InChI=1S/C18H22N4S.2ClH/c1-13(8-9-19)22-10-2-4-14-12-15(6-7-16(14)22)21-18(20)17-5-3-11-23-17;;/h3,5-7,9,11-13,19H,2,4,8,10H2,1H3,(H2,20,21);2*1H. The molecule has 0 fully saturated rings. The summed E-state index contributed by atoms with van der Waals surface area (Å²) < 4.78 is 0. The number of aliphatic imine (C=N–C) groups is 1.